The molecule has 0 unspecified atom stereocenters. The summed E-state index contributed by atoms with van der Waals surface area (Å²) in [6.45, 7) is 3.76. The average Bonchev–Trinajstić information content (AvgIpc) is 2.50. The van der Waals surface area contributed by atoms with Crippen LogP contribution in [-0.4, -0.2) is 24.5 Å². The van der Waals surface area contributed by atoms with Crippen molar-refractivity contribution in [2.75, 3.05) is 7.05 Å². The lowest BCUT2D eigenvalue weighted by molar-refractivity contribution is 0.203. The maximum atomic E-state index is 11.3. The molecule has 1 amide bonds. The summed E-state index contributed by atoms with van der Waals surface area (Å²) < 4.78 is 6.55. The maximum Gasteiger partial charge on any atom is 0.412 e. The van der Waals surface area contributed by atoms with Gasteiger partial charge in [0.25, 0.3) is 0 Å². The van der Waals surface area contributed by atoms with E-state index in [-0.39, 0.29) is 5.75 Å². The van der Waals surface area contributed by atoms with Crippen LogP contribution in [0.25, 0.3) is 0 Å². The topological polar surface area (TPSA) is 70.9 Å². The summed E-state index contributed by atoms with van der Waals surface area (Å²) in [7, 11) is 1.50. The third-order valence-corrected chi connectivity index (χ3v) is 4.33. The van der Waals surface area contributed by atoms with Crippen LogP contribution < -0.4 is 10.1 Å². The minimum absolute atomic E-state index is 0.122. The maximum absolute atomic E-state index is 11.3. The Balaban J connectivity index is 2.35. The third-order valence-electron chi connectivity index (χ3n) is 3.27. The summed E-state index contributed by atoms with van der Waals surface area (Å²) >= 11 is 6.68. The first-order chi connectivity index (χ1) is 11.3. The zero-order valence-corrected chi connectivity index (χ0v) is 16.5. The van der Waals surface area contributed by atoms with Crippen LogP contribution in [0.4, 0.5) is 10.5 Å². The molecule has 2 rings (SSSR count). The molecule has 0 saturated carbocycles. The summed E-state index contributed by atoms with van der Waals surface area (Å²) in [6, 6.07) is 7.02. The van der Waals surface area contributed by atoms with E-state index in [2.05, 4.69) is 42.2 Å². The van der Waals surface area contributed by atoms with E-state index >= 15 is 0 Å². The van der Waals surface area contributed by atoms with Gasteiger partial charge >= 0.3 is 6.09 Å². The zero-order valence-electron chi connectivity index (χ0n) is 13.4. The number of benzene rings is 2. The van der Waals surface area contributed by atoms with E-state index in [1.807, 2.05) is 13.8 Å². The summed E-state index contributed by atoms with van der Waals surface area (Å²) in [5.74, 6) is 0.577. The Kier molecular flexibility index (Phi) is 6.01. The fourth-order valence-corrected chi connectivity index (χ4v) is 3.41. The molecular weight excluding hydrogens is 440 g/mol. The zero-order chi connectivity index (χ0) is 17.9. The first-order valence-corrected chi connectivity index (χ1v) is 8.63. The molecule has 2 aromatic carbocycles. The summed E-state index contributed by atoms with van der Waals surface area (Å²) in [5, 5.41) is 12.5. The van der Waals surface area contributed by atoms with Gasteiger partial charge < -0.3 is 15.2 Å². The van der Waals surface area contributed by atoms with Gasteiger partial charge in [-0.3, -0.25) is 4.99 Å². The van der Waals surface area contributed by atoms with Crippen LogP contribution in [0.3, 0.4) is 0 Å². The van der Waals surface area contributed by atoms with Crippen molar-refractivity contribution >= 4 is 49.9 Å². The monoisotopic (exact) mass is 454 g/mol. The second-order valence-corrected chi connectivity index (χ2v) is 6.90. The van der Waals surface area contributed by atoms with Crippen LogP contribution in [0.2, 0.25) is 0 Å². The van der Waals surface area contributed by atoms with Gasteiger partial charge in [-0.05, 0) is 65.2 Å². The molecule has 0 atom stereocenters. The Hall–Kier alpha value is -1.86. The van der Waals surface area contributed by atoms with Gasteiger partial charge in [0.15, 0.2) is 0 Å². The molecule has 24 heavy (non-hydrogen) atoms. The number of halogens is 2. The lowest BCUT2D eigenvalue weighted by atomic mass is 10.1. The highest BCUT2D eigenvalue weighted by Gasteiger charge is 2.09. The highest BCUT2D eigenvalue weighted by atomic mass is 79.9. The molecule has 0 aliphatic heterocycles. The molecule has 0 bridgehead atoms. The van der Waals surface area contributed by atoms with E-state index in [0.717, 1.165) is 21.3 Å². The second-order valence-electron chi connectivity index (χ2n) is 5.13. The number of hydrogen-bond donors (Lipinski definition) is 2. The molecule has 0 heterocycles. The minimum atomic E-state index is -0.519. The molecule has 0 aliphatic carbocycles. The Bertz CT molecular complexity index is 797. The molecule has 0 radical (unpaired) electrons. The van der Waals surface area contributed by atoms with Gasteiger partial charge in [-0.25, -0.2) is 4.79 Å². The van der Waals surface area contributed by atoms with Gasteiger partial charge in [-0.1, -0.05) is 15.9 Å². The molecular formula is C17H16Br2N2O3. The number of carbonyl (C=O) groups excluding carboxylic acids is 1. The molecule has 0 spiro atoms. The van der Waals surface area contributed by atoms with Crippen molar-refractivity contribution in [3.63, 3.8) is 0 Å². The Morgan fingerprint density at radius 1 is 1.21 bits per heavy atom. The van der Waals surface area contributed by atoms with Crippen LogP contribution in [0, 0.1) is 13.8 Å². The number of phenolic OH excluding ortho intramolecular Hbond substituents is 1. The largest absolute Gasteiger partial charge is 0.506 e. The van der Waals surface area contributed by atoms with Crippen molar-refractivity contribution < 1.29 is 14.6 Å². The fraction of sp³-hybridized carbons (Fsp3) is 0.176. The highest BCUT2D eigenvalue weighted by Crippen LogP contribution is 2.32. The van der Waals surface area contributed by atoms with Gasteiger partial charge in [-0.15, -0.1) is 0 Å². The van der Waals surface area contributed by atoms with Crippen molar-refractivity contribution in [2.45, 2.75) is 13.8 Å². The molecule has 2 N–H and O–H groups in total. The average molecular weight is 456 g/mol. The van der Waals surface area contributed by atoms with Gasteiger partial charge in [-0.2, -0.15) is 0 Å². The molecule has 7 heteroatoms. The number of aryl methyl sites for hydroxylation is 2. The van der Waals surface area contributed by atoms with Crippen molar-refractivity contribution in [1.82, 2.24) is 5.32 Å². The predicted molar refractivity (Wildman–Crippen MR) is 102 cm³/mol. The number of hydrogen-bond acceptors (Lipinski definition) is 4. The molecule has 0 aromatic heterocycles. The number of ether oxygens (including phenoxy) is 1. The Morgan fingerprint density at radius 3 is 2.42 bits per heavy atom. The van der Waals surface area contributed by atoms with E-state index in [0.29, 0.717) is 15.8 Å². The van der Waals surface area contributed by atoms with Gasteiger partial charge in [0.2, 0.25) is 0 Å². The van der Waals surface area contributed by atoms with Crippen LogP contribution in [0.15, 0.2) is 38.2 Å². The van der Waals surface area contributed by atoms with Crippen LogP contribution in [-0.2, 0) is 0 Å². The number of aromatic hydroxyl groups is 1. The molecule has 2 aromatic rings. The minimum Gasteiger partial charge on any atom is -0.506 e. The SMILES string of the molecule is CNC(=O)Oc1cc(C)c(/N=C/c2cc(Br)cc(Br)c2O)c(C)c1. The van der Waals surface area contributed by atoms with Crippen molar-refractivity contribution in [3.05, 3.63) is 49.9 Å². The summed E-state index contributed by atoms with van der Waals surface area (Å²) in [5.41, 5.74) is 3.06. The van der Waals surface area contributed by atoms with E-state index in [9.17, 15) is 9.90 Å². The second kappa shape index (κ2) is 7.81. The first kappa shape index (κ1) is 18.5. The number of aliphatic imine (C=N–C) groups is 1. The number of amides is 1. The van der Waals surface area contributed by atoms with Crippen LogP contribution in [0.5, 0.6) is 11.5 Å². The van der Waals surface area contributed by atoms with Gasteiger partial charge in [0.05, 0.1) is 10.2 Å². The lowest BCUT2D eigenvalue weighted by Crippen LogP contribution is -2.22. The third kappa shape index (κ3) is 4.36. The van der Waals surface area contributed by atoms with Crippen LogP contribution >= 0.6 is 31.9 Å². The van der Waals surface area contributed by atoms with Crippen molar-refractivity contribution in [2.24, 2.45) is 4.99 Å². The predicted octanol–water partition coefficient (Wildman–Crippen LogP) is 5.00. The normalized spacial score (nSPS) is 10.9. The lowest BCUT2D eigenvalue weighted by Gasteiger charge is -2.09. The Morgan fingerprint density at radius 2 is 1.83 bits per heavy atom. The standard InChI is InChI=1S/C17H16Br2N2O3/c1-9-4-13(24-17(23)20-3)5-10(2)15(9)21-8-11-6-12(18)7-14(19)16(11)22/h4-8,22H,1-3H3,(H,20,23)/b21-8+. The van der Waals surface area contributed by atoms with E-state index in [1.165, 1.54) is 7.05 Å². The molecule has 5 nitrogen and oxygen atoms in total. The number of nitrogens with zero attached hydrogens (tertiary/aromatic N) is 1. The fourth-order valence-electron chi connectivity index (χ4n) is 2.16. The molecule has 126 valence electrons. The molecule has 0 fully saturated rings. The van der Waals surface area contributed by atoms with E-state index in [4.69, 9.17) is 4.74 Å². The van der Waals surface area contributed by atoms with Crippen molar-refractivity contribution in [1.29, 1.82) is 0 Å². The smallest absolute Gasteiger partial charge is 0.412 e. The molecule has 0 aliphatic rings. The van der Waals surface area contributed by atoms with E-state index in [1.54, 1.807) is 30.5 Å². The number of nitrogens with one attached hydrogen (secondary N) is 1. The number of phenols is 1. The highest BCUT2D eigenvalue weighted by molar-refractivity contribution is 9.11. The molecule has 0 saturated heterocycles. The van der Waals surface area contributed by atoms with E-state index < -0.39 is 6.09 Å². The van der Waals surface area contributed by atoms with Crippen LogP contribution in [0.1, 0.15) is 16.7 Å². The Labute approximate surface area is 157 Å². The van der Waals surface area contributed by atoms with Gasteiger partial charge in [0, 0.05) is 23.3 Å². The van der Waals surface area contributed by atoms with Gasteiger partial charge in [0.1, 0.15) is 11.5 Å². The number of carbonyl (C=O) groups is 1. The number of rotatable bonds is 3. The van der Waals surface area contributed by atoms with Crippen molar-refractivity contribution in [3.8, 4) is 11.5 Å². The quantitative estimate of drug-likeness (QED) is 0.639. The summed E-state index contributed by atoms with van der Waals surface area (Å²) in [6.07, 6.45) is 1.08. The summed E-state index contributed by atoms with van der Waals surface area (Å²) in [4.78, 5) is 15.8. The first-order valence-electron chi connectivity index (χ1n) is 7.04.